The summed E-state index contributed by atoms with van der Waals surface area (Å²) in [4.78, 5) is 2.68. The first kappa shape index (κ1) is 18.9. The number of morpholine rings is 1. The fourth-order valence-corrected chi connectivity index (χ4v) is 3.46. The van der Waals surface area contributed by atoms with Crippen LogP contribution < -0.4 is 5.32 Å². The Bertz CT molecular complexity index is 282. The third kappa shape index (κ3) is 6.66. The van der Waals surface area contributed by atoms with Crippen molar-refractivity contribution in [1.29, 1.82) is 0 Å². The van der Waals surface area contributed by atoms with Gasteiger partial charge in [0.25, 0.3) is 0 Å². The summed E-state index contributed by atoms with van der Waals surface area (Å²) in [6.45, 7) is 19.2. The van der Waals surface area contributed by atoms with Crippen LogP contribution in [-0.4, -0.2) is 49.8 Å². The molecule has 3 heteroatoms. The molecule has 0 radical (unpaired) electrons. The second-order valence-electron chi connectivity index (χ2n) is 7.72. The highest BCUT2D eigenvalue weighted by molar-refractivity contribution is 4.86. The molecule has 1 N–H and O–H groups in total. The maximum absolute atomic E-state index is 5.84. The monoisotopic (exact) mass is 298 g/mol. The summed E-state index contributed by atoms with van der Waals surface area (Å²) in [5.74, 6) is 0.725. The van der Waals surface area contributed by atoms with Crippen LogP contribution in [0.2, 0.25) is 0 Å². The second-order valence-corrected chi connectivity index (χ2v) is 7.72. The lowest BCUT2D eigenvalue weighted by molar-refractivity contribution is -0.0686. The van der Waals surface area contributed by atoms with E-state index in [1.807, 2.05) is 0 Å². The van der Waals surface area contributed by atoms with Crippen LogP contribution >= 0.6 is 0 Å². The van der Waals surface area contributed by atoms with Crippen molar-refractivity contribution in [3.8, 4) is 0 Å². The van der Waals surface area contributed by atoms with Gasteiger partial charge in [0, 0.05) is 25.7 Å². The number of hydrogen-bond donors (Lipinski definition) is 1. The summed E-state index contributed by atoms with van der Waals surface area (Å²) < 4.78 is 5.84. The molecule has 0 spiro atoms. The highest BCUT2D eigenvalue weighted by Gasteiger charge is 2.32. The van der Waals surface area contributed by atoms with Gasteiger partial charge in [-0.15, -0.1) is 0 Å². The molecule has 1 heterocycles. The smallest absolute Gasteiger partial charge is 0.0674 e. The highest BCUT2D eigenvalue weighted by Crippen LogP contribution is 2.27. The number of nitrogens with zero attached hydrogens (tertiary/aromatic N) is 1. The molecule has 0 aromatic carbocycles. The van der Waals surface area contributed by atoms with Gasteiger partial charge < -0.3 is 10.1 Å². The quantitative estimate of drug-likeness (QED) is 0.704. The molecule has 0 aromatic rings. The van der Waals surface area contributed by atoms with E-state index >= 15 is 0 Å². The minimum atomic E-state index is 0.369. The molecule has 126 valence electrons. The van der Waals surface area contributed by atoms with Crippen molar-refractivity contribution in [2.75, 3.05) is 32.8 Å². The molecule has 0 aliphatic carbocycles. The fourth-order valence-electron chi connectivity index (χ4n) is 3.46. The number of hydrogen-bond acceptors (Lipinski definition) is 3. The van der Waals surface area contributed by atoms with E-state index in [0.29, 0.717) is 17.6 Å². The average Bonchev–Trinajstić information content (AvgIpc) is 2.38. The number of nitrogens with one attached hydrogen (secondary N) is 1. The lowest BCUT2D eigenvalue weighted by atomic mass is 9.84. The largest absolute Gasteiger partial charge is 0.376 e. The molecular weight excluding hydrogens is 260 g/mol. The van der Waals surface area contributed by atoms with Crippen LogP contribution in [0.1, 0.15) is 60.8 Å². The summed E-state index contributed by atoms with van der Waals surface area (Å²) in [6, 6.07) is 0.600. The van der Waals surface area contributed by atoms with Gasteiger partial charge in [0.2, 0.25) is 0 Å². The fraction of sp³-hybridized carbons (Fsp3) is 1.00. The van der Waals surface area contributed by atoms with Gasteiger partial charge in [-0.05, 0) is 37.6 Å². The Labute approximate surface area is 132 Å². The number of rotatable bonds is 9. The minimum absolute atomic E-state index is 0.369. The highest BCUT2D eigenvalue weighted by atomic mass is 16.5. The SMILES string of the molecule is CCCC(C)(CNCC(C)C)CN1CC(C)OCC1CC. The zero-order chi connectivity index (χ0) is 15.9. The number of ether oxygens (including phenoxy) is 1. The van der Waals surface area contributed by atoms with E-state index in [1.54, 1.807) is 0 Å². The molecule has 3 nitrogen and oxygen atoms in total. The van der Waals surface area contributed by atoms with Crippen molar-refractivity contribution in [2.45, 2.75) is 73.0 Å². The van der Waals surface area contributed by atoms with E-state index in [-0.39, 0.29) is 0 Å². The summed E-state index contributed by atoms with van der Waals surface area (Å²) in [6.07, 6.45) is 4.12. The van der Waals surface area contributed by atoms with Gasteiger partial charge in [-0.25, -0.2) is 0 Å². The molecule has 3 atom stereocenters. The van der Waals surface area contributed by atoms with Crippen molar-refractivity contribution in [2.24, 2.45) is 11.3 Å². The first-order valence-electron chi connectivity index (χ1n) is 8.96. The predicted octanol–water partition coefficient (Wildman–Crippen LogP) is 3.54. The Morgan fingerprint density at radius 3 is 2.62 bits per heavy atom. The molecule has 1 aliphatic heterocycles. The Kier molecular flexibility index (Phi) is 8.22. The van der Waals surface area contributed by atoms with Gasteiger partial charge in [0.15, 0.2) is 0 Å². The van der Waals surface area contributed by atoms with E-state index in [1.165, 1.54) is 25.8 Å². The van der Waals surface area contributed by atoms with E-state index < -0.39 is 0 Å². The summed E-state index contributed by atoms with van der Waals surface area (Å²) in [5, 5.41) is 3.69. The Morgan fingerprint density at radius 1 is 1.33 bits per heavy atom. The van der Waals surface area contributed by atoms with E-state index in [2.05, 4.69) is 51.8 Å². The average molecular weight is 299 g/mol. The van der Waals surface area contributed by atoms with Gasteiger partial charge in [-0.1, -0.05) is 41.0 Å². The first-order valence-corrected chi connectivity index (χ1v) is 8.96. The van der Waals surface area contributed by atoms with Gasteiger partial charge >= 0.3 is 0 Å². The van der Waals surface area contributed by atoms with Crippen molar-refractivity contribution >= 4 is 0 Å². The molecule has 0 bridgehead atoms. The van der Waals surface area contributed by atoms with E-state index in [0.717, 1.165) is 32.2 Å². The van der Waals surface area contributed by atoms with Crippen LogP contribution in [-0.2, 0) is 4.74 Å². The van der Waals surface area contributed by atoms with Crippen molar-refractivity contribution in [1.82, 2.24) is 10.2 Å². The minimum Gasteiger partial charge on any atom is -0.376 e. The van der Waals surface area contributed by atoms with Gasteiger partial charge in [0.1, 0.15) is 0 Å². The van der Waals surface area contributed by atoms with Crippen LogP contribution in [0.5, 0.6) is 0 Å². The van der Waals surface area contributed by atoms with Crippen molar-refractivity contribution in [3.63, 3.8) is 0 Å². The van der Waals surface area contributed by atoms with Crippen LogP contribution in [0.3, 0.4) is 0 Å². The molecule has 1 saturated heterocycles. The molecule has 0 amide bonds. The van der Waals surface area contributed by atoms with E-state index in [9.17, 15) is 0 Å². The van der Waals surface area contributed by atoms with Crippen LogP contribution in [0, 0.1) is 11.3 Å². The normalized spacial score (nSPS) is 27.0. The first-order chi connectivity index (χ1) is 9.90. The molecular formula is C18H38N2O. The van der Waals surface area contributed by atoms with Crippen molar-refractivity contribution < 1.29 is 4.74 Å². The Balaban J connectivity index is 2.61. The van der Waals surface area contributed by atoms with Crippen molar-refractivity contribution in [3.05, 3.63) is 0 Å². The lowest BCUT2D eigenvalue weighted by Crippen LogP contribution is -2.53. The lowest BCUT2D eigenvalue weighted by Gasteiger charge is -2.43. The van der Waals surface area contributed by atoms with Crippen LogP contribution in [0.15, 0.2) is 0 Å². The second kappa shape index (κ2) is 9.12. The topological polar surface area (TPSA) is 24.5 Å². The molecule has 21 heavy (non-hydrogen) atoms. The molecule has 3 unspecified atom stereocenters. The predicted molar refractivity (Wildman–Crippen MR) is 91.8 cm³/mol. The summed E-state index contributed by atoms with van der Waals surface area (Å²) in [7, 11) is 0. The standard InChI is InChI=1S/C18H38N2O/c1-7-9-18(6,13-19-10-15(3)4)14-20-11-16(5)21-12-17(20)8-2/h15-17,19H,7-14H2,1-6H3. The van der Waals surface area contributed by atoms with Gasteiger partial charge in [0.05, 0.1) is 12.7 Å². The molecule has 1 rings (SSSR count). The molecule has 0 aromatic heterocycles. The third-order valence-electron chi connectivity index (χ3n) is 4.60. The zero-order valence-corrected chi connectivity index (χ0v) is 15.2. The maximum atomic E-state index is 5.84. The molecule has 1 fully saturated rings. The van der Waals surface area contributed by atoms with Crippen LogP contribution in [0.4, 0.5) is 0 Å². The molecule has 1 aliphatic rings. The summed E-state index contributed by atoms with van der Waals surface area (Å²) in [5.41, 5.74) is 0.369. The summed E-state index contributed by atoms with van der Waals surface area (Å²) >= 11 is 0. The van der Waals surface area contributed by atoms with Crippen LogP contribution in [0.25, 0.3) is 0 Å². The molecule has 0 saturated carbocycles. The Hall–Kier alpha value is -0.120. The van der Waals surface area contributed by atoms with E-state index in [4.69, 9.17) is 4.74 Å². The Morgan fingerprint density at radius 2 is 2.05 bits per heavy atom. The van der Waals surface area contributed by atoms with Gasteiger partial charge in [-0.2, -0.15) is 0 Å². The third-order valence-corrected chi connectivity index (χ3v) is 4.60. The van der Waals surface area contributed by atoms with Gasteiger partial charge in [-0.3, -0.25) is 4.90 Å². The zero-order valence-electron chi connectivity index (χ0n) is 15.2. The maximum Gasteiger partial charge on any atom is 0.0674 e.